The third-order valence-electron chi connectivity index (χ3n) is 1.72. The van der Waals surface area contributed by atoms with Crippen LogP contribution in [-0.4, -0.2) is 22.3 Å². The molecule has 0 aliphatic carbocycles. The van der Waals surface area contributed by atoms with Gasteiger partial charge in [-0.2, -0.15) is 0 Å². The summed E-state index contributed by atoms with van der Waals surface area (Å²) in [5, 5.41) is 0. The van der Waals surface area contributed by atoms with E-state index in [4.69, 9.17) is 0 Å². The molecule has 2 amide bonds. The molecule has 1 rings (SSSR count). The number of hydrogen-bond donors (Lipinski definition) is 0. The Morgan fingerprint density at radius 1 is 1.08 bits per heavy atom. The van der Waals surface area contributed by atoms with Crippen molar-refractivity contribution in [3.05, 3.63) is 0 Å². The Hall–Kier alpha value is -0.860. The summed E-state index contributed by atoms with van der Waals surface area (Å²) in [7, 11) is 0. The van der Waals surface area contributed by atoms with Crippen molar-refractivity contribution in [2.45, 2.75) is 46.6 Å². The number of imide groups is 1. The number of amides is 2. The maximum Gasteiger partial charge on any atom is 0.230 e. The molecule has 0 aromatic carbocycles. The van der Waals surface area contributed by atoms with Crippen LogP contribution in [0.25, 0.3) is 0 Å². The third kappa shape index (κ3) is 1.84. The highest BCUT2D eigenvalue weighted by Crippen LogP contribution is 2.22. The number of hydrogen-bond acceptors (Lipinski definition) is 2. The Labute approximate surface area is 73.7 Å². The first-order valence-corrected chi connectivity index (χ1v) is 3.79. The van der Waals surface area contributed by atoms with E-state index in [0.717, 1.165) is 0 Å². The molecule has 0 atom stereocenters. The fourth-order valence-electron chi connectivity index (χ4n) is 1.32. The highest BCUT2D eigenvalue weighted by Gasteiger charge is 2.36. The van der Waals surface area contributed by atoms with Crippen molar-refractivity contribution < 1.29 is 9.59 Å². The van der Waals surface area contributed by atoms with Crippen LogP contribution in [0, 0.1) is 0 Å². The van der Waals surface area contributed by atoms with E-state index in [1.165, 1.54) is 4.90 Å². The molecule has 0 unspecified atom stereocenters. The molecule has 0 aromatic rings. The van der Waals surface area contributed by atoms with Crippen molar-refractivity contribution in [2.24, 2.45) is 0 Å². The predicted molar refractivity (Wildman–Crippen MR) is 47.6 cm³/mol. The quantitative estimate of drug-likeness (QED) is 0.519. The van der Waals surface area contributed by atoms with E-state index in [1.54, 1.807) is 0 Å². The maximum absolute atomic E-state index is 11.1. The molecule has 70 valence electrons. The summed E-state index contributed by atoms with van der Waals surface area (Å²) in [5.74, 6) is -0.0787. The van der Waals surface area contributed by atoms with Gasteiger partial charge in [0.1, 0.15) is 0 Å². The number of carbonyl (C=O) groups excluding carboxylic acids is 2. The molecule has 1 heterocycles. The van der Waals surface area contributed by atoms with E-state index in [-0.39, 0.29) is 24.8 Å². The van der Waals surface area contributed by atoms with Crippen LogP contribution in [0.1, 0.15) is 41.0 Å². The molecule has 3 heteroatoms. The zero-order valence-electron chi connectivity index (χ0n) is 7.18. The number of carbonyl (C=O) groups is 2. The van der Waals surface area contributed by atoms with Gasteiger partial charge >= 0.3 is 0 Å². The van der Waals surface area contributed by atoms with Crippen LogP contribution in [0.2, 0.25) is 0 Å². The van der Waals surface area contributed by atoms with Crippen LogP contribution in [0.3, 0.4) is 0 Å². The van der Waals surface area contributed by atoms with E-state index in [2.05, 4.69) is 0 Å². The summed E-state index contributed by atoms with van der Waals surface area (Å²) < 4.78 is 0. The summed E-state index contributed by atoms with van der Waals surface area (Å²) in [6.45, 7) is 5.61. The second-order valence-corrected chi connectivity index (χ2v) is 3.79. The van der Waals surface area contributed by atoms with Gasteiger partial charge in [0.25, 0.3) is 0 Å². The van der Waals surface area contributed by atoms with E-state index in [0.29, 0.717) is 12.8 Å². The van der Waals surface area contributed by atoms with Gasteiger partial charge in [0, 0.05) is 18.4 Å². The topological polar surface area (TPSA) is 37.4 Å². The number of rotatable bonds is 0. The lowest BCUT2D eigenvalue weighted by Gasteiger charge is -2.29. The van der Waals surface area contributed by atoms with Gasteiger partial charge in [-0.1, -0.05) is 7.43 Å². The number of likely N-dealkylation sites (tertiary alicyclic amines) is 1. The zero-order valence-corrected chi connectivity index (χ0v) is 7.18. The van der Waals surface area contributed by atoms with E-state index in [1.807, 2.05) is 20.8 Å². The average Bonchev–Trinajstić information content (AvgIpc) is 2.08. The molecule has 0 N–H and O–H groups in total. The fraction of sp³-hybridized carbons (Fsp3) is 0.778. The summed E-state index contributed by atoms with van der Waals surface area (Å²) in [6.07, 6.45) is 0.770. The molecule has 0 bridgehead atoms. The van der Waals surface area contributed by atoms with Gasteiger partial charge < -0.3 is 0 Å². The molecule has 1 fully saturated rings. The van der Waals surface area contributed by atoms with Gasteiger partial charge in [0.15, 0.2) is 0 Å². The Morgan fingerprint density at radius 3 is 1.58 bits per heavy atom. The molecule has 0 spiro atoms. The molecule has 1 aliphatic heterocycles. The molecule has 12 heavy (non-hydrogen) atoms. The van der Waals surface area contributed by atoms with Crippen LogP contribution >= 0.6 is 0 Å². The van der Waals surface area contributed by atoms with E-state index >= 15 is 0 Å². The lowest BCUT2D eigenvalue weighted by atomic mass is 10.1. The van der Waals surface area contributed by atoms with Crippen molar-refractivity contribution in [3.8, 4) is 0 Å². The van der Waals surface area contributed by atoms with Crippen LogP contribution in [0.4, 0.5) is 0 Å². The smallest absolute Gasteiger partial charge is 0.230 e. The van der Waals surface area contributed by atoms with Gasteiger partial charge in [0.2, 0.25) is 11.8 Å². The van der Waals surface area contributed by atoms with E-state index < -0.39 is 0 Å². The molecule has 1 saturated heterocycles. The van der Waals surface area contributed by atoms with Crippen molar-refractivity contribution in [3.63, 3.8) is 0 Å². The zero-order chi connectivity index (χ0) is 8.65. The molecular weight excluding hydrogens is 154 g/mol. The first kappa shape index (κ1) is 11.1. The van der Waals surface area contributed by atoms with Crippen molar-refractivity contribution >= 4 is 11.8 Å². The third-order valence-corrected chi connectivity index (χ3v) is 1.72. The molecule has 1 aliphatic rings. The van der Waals surface area contributed by atoms with E-state index in [9.17, 15) is 9.59 Å². The van der Waals surface area contributed by atoms with Gasteiger partial charge in [0.05, 0.1) is 0 Å². The summed E-state index contributed by atoms with van der Waals surface area (Å²) in [5.41, 5.74) is -0.343. The number of nitrogens with zero attached hydrogens (tertiary/aromatic N) is 1. The van der Waals surface area contributed by atoms with Gasteiger partial charge in [-0.15, -0.1) is 0 Å². The Morgan fingerprint density at radius 2 is 1.42 bits per heavy atom. The first-order valence-electron chi connectivity index (χ1n) is 3.79. The Balaban J connectivity index is 0.00000121. The summed E-state index contributed by atoms with van der Waals surface area (Å²) in [6, 6.07) is 0. The maximum atomic E-state index is 11.1. The highest BCUT2D eigenvalue weighted by atomic mass is 16.2. The molecular formula is C9H17NO2. The van der Waals surface area contributed by atoms with Crippen LogP contribution in [0.5, 0.6) is 0 Å². The Kier molecular flexibility index (Phi) is 3.02. The highest BCUT2D eigenvalue weighted by molar-refractivity contribution is 6.02. The standard InChI is InChI=1S/C8H13NO2.CH4/c1-8(2,3)9-6(10)4-5-7(9)11;/h4-5H2,1-3H3;1H4. The summed E-state index contributed by atoms with van der Waals surface area (Å²) >= 11 is 0. The van der Waals surface area contributed by atoms with Gasteiger partial charge in [-0.05, 0) is 20.8 Å². The predicted octanol–water partition coefficient (Wildman–Crippen LogP) is 1.57. The largest absolute Gasteiger partial charge is 0.277 e. The SMILES string of the molecule is C.CC(C)(C)N1C(=O)CCC1=O. The second-order valence-electron chi connectivity index (χ2n) is 3.79. The van der Waals surface area contributed by atoms with Crippen LogP contribution in [-0.2, 0) is 9.59 Å². The lowest BCUT2D eigenvalue weighted by molar-refractivity contribution is -0.143. The molecule has 0 saturated carbocycles. The minimum atomic E-state index is -0.343. The molecule has 3 nitrogen and oxygen atoms in total. The van der Waals surface area contributed by atoms with Crippen molar-refractivity contribution in [1.29, 1.82) is 0 Å². The lowest BCUT2D eigenvalue weighted by Crippen LogP contribution is -2.44. The van der Waals surface area contributed by atoms with Crippen molar-refractivity contribution in [2.75, 3.05) is 0 Å². The van der Waals surface area contributed by atoms with Gasteiger partial charge in [-0.25, -0.2) is 0 Å². The minimum Gasteiger partial charge on any atom is -0.277 e. The Bertz CT molecular complexity index is 187. The second kappa shape index (κ2) is 3.25. The average molecular weight is 171 g/mol. The normalized spacial score (nSPS) is 18.1. The first-order chi connectivity index (χ1) is 4.93. The van der Waals surface area contributed by atoms with Crippen molar-refractivity contribution in [1.82, 2.24) is 4.90 Å². The van der Waals surface area contributed by atoms with Crippen LogP contribution in [0.15, 0.2) is 0 Å². The summed E-state index contributed by atoms with van der Waals surface area (Å²) in [4.78, 5) is 23.6. The van der Waals surface area contributed by atoms with Crippen LogP contribution < -0.4 is 0 Å². The minimum absolute atomic E-state index is 0. The molecule has 0 aromatic heterocycles. The van der Waals surface area contributed by atoms with Gasteiger partial charge in [-0.3, -0.25) is 14.5 Å². The fourth-order valence-corrected chi connectivity index (χ4v) is 1.32. The monoisotopic (exact) mass is 171 g/mol. The molecule has 0 radical (unpaired) electrons.